The fraction of sp³-hybridized carbons (Fsp3) is 0.778. The molecule has 0 aromatic carbocycles. The molecule has 0 aromatic heterocycles. The third-order valence-electron chi connectivity index (χ3n) is 2.23. The molecule has 1 unspecified atom stereocenters. The molecule has 0 aliphatic rings. The van der Waals surface area contributed by atoms with Crippen LogP contribution in [-0.4, -0.2) is 39.4 Å². The molecule has 0 aliphatic heterocycles. The molecule has 3 N–H and O–H groups in total. The van der Waals surface area contributed by atoms with Crippen LogP contribution in [0.15, 0.2) is 0 Å². The average molecular weight is 252 g/mol. The lowest BCUT2D eigenvalue weighted by Crippen LogP contribution is -2.11. The van der Waals surface area contributed by atoms with Crippen LogP contribution >= 0.6 is 7.37 Å². The topological polar surface area (TPSA) is 112 Å². The van der Waals surface area contributed by atoms with Crippen LogP contribution in [0.2, 0.25) is 0 Å². The summed E-state index contributed by atoms with van der Waals surface area (Å²) >= 11 is 0. The minimum atomic E-state index is -3.37. The van der Waals surface area contributed by atoms with E-state index in [2.05, 4.69) is 0 Å². The lowest BCUT2D eigenvalue weighted by atomic mass is 10.1. The lowest BCUT2D eigenvalue weighted by molar-refractivity contribution is -0.141. The number of aliphatic carboxylic acids is 2. The molecule has 16 heavy (non-hydrogen) atoms. The van der Waals surface area contributed by atoms with Crippen LogP contribution in [0, 0.1) is 5.92 Å². The van der Waals surface area contributed by atoms with E-state index in [4.69, 9.17) is 10.2 Å². The van der Waals surface area contributed by atoms with Gasteiger partial charge in [-0.25, -0.2) is 0 Å². The largest absolute Gasteiger partial charge is 0.481 e. The second-order valence-corrected chi connectivity index (χ2v) is 6.41. The first-order valence-electron chi connectivity index (χ1n) is 5.00. The molecule has 0 amide bonds. The van der Waals surface area contributed by atoms with Crippen LogP contribution < -0.4 is 0 Å². The van der Waals surface area contributed by atoms with Crippen LogP contribution in [-0.2, 0) is 14.2 Å². The molecule has 0 aliphatic carbocycles. The van der Waals surface area contributed by atoms with Gasteiger partial charge < -0.3 is 15.1 Å². The van der Waals surface area contributed by atoms with Crippen molar-refractivity contribution in [3.63, 3.8) is 0 Å². The van der Waals surface area contributed by atoms with Gasteiger partial charge in [-0.1, -0.05) is 6.92 Å². The highest BCUT2D eigenvalue weighted by Crippen LogP contribution is 2.42. The number of rotatable bonds is 8. The lowest BCUT2D eigenvalue weighted by Gasteiger charge is -2.12. The fourth-order valence-corrected chi connectivity index (χ4v) is 2.77. The molecule has 2 atom stereocenters. The molecule has 0 rings (SSSR count). The maximum Gasteiger partial charge on any atom is 0.306 e. The molecule has 7 heteroatoms. The molecule has 94 valence electrons. The zero-order chi connectivity index (χ0) is 12.8. The Morgan fingerprint density at radius 2 is 1.81 bits per heavy atom. The first-order chi connectivity index (χ1) is 7.24. The molecule has 0 bridgehead atoms. The Bertz CT molecular complexity index is 300. The normalized spacial score (nSPS) is 16.4. The van der Waals surface area contributed by atoms with Crippen LogP contribution in [0.25, 0.3) is 0 Å². The van der Waals surface area contributed by atoms with E-state index < -0.39 is 25.2 Å². The highest BCUT2D eigenvalue weighted by molar-refractivity contribution is 7.57. The van der Waals surface area contributed by atoms with Crippen molar-refractivity contribution < 1.29 is 29.3 Å². The second-order valence-electron chi connectivity index (χ2n) is 3.82. The van der Waals surface area contributed by atoms with Crippen molar-refractivity contribution in [2.75, 3.05) is 12.3 Å². The Hall–Kier alpha value is -0.870. The summed E-state index contributed by atoms with van der Waals surface area (Å²) in [5.74, 6) is -2.65. The minimum Gasteiger partial charge on any atom is -0.481 e. The van der Waals surface area contributed by atoms with Crippen molar-refractivity contribution in [3.8, 4) is 0 Å². The van der Waals surface area contributed by atoms with Crippen LogP contribution in [0.5, 0.6) is 0 Å². The van der Waals surface area contributed by atoms with E-state index in [1.54, 1.807) is 0 Å². The maximum absolute atomic E-state index is 11.5. The molecule has 0 fully saturated rings. The van der Waals surface area contributed by atoms with Crippen molar-refractivity contribution >= 4 is 19.3 Å². The summed E-state index contributed by atoms with van der Waals surface area (Å²) in [5, 5.41) is 16.9. The van der Waals surface area contributed by atoms with Crippen LogP contribution in [0.4, 0.5) is 0 Å². The van der Waals surface area contributed by atoms with Gasteiger partial charge in [0.15, 0.2) is 0 Å². The predicted octanol–water partition coefficient (Wildman–Crippen LogP) is 1.23. The number of hydrogen-bond acceptors (Lipinski definition) is 3. The molecule has 6 nitrogen and oxygen atoms in total. The van der Waals surface area contributed by atoms with Gasteiger partial charge in [0.05, 0.1) is 5.92 Å². The van der Waals surface area contributed by atoms with Gasteiger partial charge in [-0.3, -0.25) is 14.2 Å². The fourth-order valence-electron chi connectivity index (χ4n) is 1.11. The highest BCUT2D eigenvalue weighted by atomic mass is 31.2. The summed E-state index contributed by atoms with van der Waals surface area (Å²) in [7, 11) is -3.37. The van der Waals surface area contributed by atoms with E-state index in [9.17, 15) is 19.0 Å². The molecule has 0 saturated heterocycles. The van der Waals surface area contributed by atoms with Gasteiger partial charge in [-0.15, -0.1) is 0 Å². The molecule has 0 aromatic rings. The van der Waals surface area contributed by atoms with Gasteiger partial charge in [0.1, 0.15) is 0 Å². The second kappa shape index (κ2) is 6.66. The Morgan fingerprint density at radius 3 is 2.25 bits per heavy atom. The Balaban J connectivity index is 3.91. The number of carbonyl (C=O) groups is 2. The van der Waals surface area contributed by atoms with Gasteiger partial charge in [0.2, 0.25) is 7.37 Å². The predicted molar refractivity (Wildman–Crippen MR) is 57.8 cm³/mol. The summed E-state index contributed by atoms with van der Waals surface area (Å²) in [6, 6.07) is 0. The summed E-state index contributed by atoms with van der Waals surface area (Å²) in [6.45, 7) is 1.47. The van der Waals surface area contributed by atoms with Gasteiger partial charge in [0, 0.05) is 18.7 Å². The average Bonchev–Trinajstić information content (AvgIpc) is 2.13. The number of carboxylic acids is 2. The van der Waals surface area contributed by atoms with Crippen molar-refractivity contribution in [1.82, 2.24) is 0 Å². The molecular weight excluding hydrogens is 235 g/mol. The van der Waals surface area contributed by atoms with E-state index in [1.165, 1.54) is 6.92 Å². The van der Waals surface area contributed by atoms with Crippen molar-refractivity contribution in [3.05, 3.63) is 0 Å². The maximum atomic E-state index is 11.5. The number of carboxylic acid groups (broad SMARTS) is 2. The van der Waals surface area contributed by atoms with Crippen LogP contribution in [0.3, 0.4) is 0 Å². The highest BCUT2D eigenvalue weighted by Gasteiger charge is 2.21. The summed E-state index contributed by atoms with van der Waals surface area (Å²) < 4.78 is 11.5. The monoisotopic (exact) mass is 252 g/mol. The summed E-state index contributed by atoms with van der Waals surface area (Å²) in [6.07, 6.45) is 0.00546. The van der Waals surface area contributed by atoms with Crippen LogP contribution in [0.1, 0.15) is 26.2 Å². The third kappa shape index (κ3) is 7.43. The molecule has 0 heterocycles. The summed E-state index contributed by atoms with van der Waals surface area (Å²) in [4.78, 5) is 30.1. The van der Waals surface area contributed by atoms with Crippen molar-refractivity contribution in [2.24, 2.45) is 5.92 Å². The van der Waals surface area contributed by atoms with E-state index in [-0.39, 0.29) is 31.6 Å². The molecule has 0 radical (unpaired) electrons. The Morgan fingerprint density at radius 1 is 1.25 bits per heavy atom. The molecular formula is C9H17O6P. The number of hydrogen-bond donors (Lipinski definition) is 3. The van der Waals surface area contributed by atoms with Gasteiger partial charge in [-0.2, -0.15) is 0 Å². The molecule has 0 spiro atoms. The van der Waals surface area contributed by atoms with E-state index in [0.717, 1.165) is 0 Å². The smallest absolute Gasteiger partial charge is 0.306 e. The van der Waals surface area contributed by atoms with Gasteiger partial charge >= 0.3 is 11.9 Å². The SMILES string of the molecule is C[C@@H](CCP(=O)(O)CCCC(=O)O)C(=O)O. The van der Waals surface area contributed by atoms with Crippen molar-refractivity contribution in [2.45, 2.75) is 26.2 Å². The third-order valence-corrected chi connectivity index (χ3v) is 4.20. The molecule has 0 saturated carbocycles. The van der Waals surface area contributed by atoms with Gasteiger partial charge in [0.25, 0.3) is 0 Å². The minimum absolute atomic E-state index is 0.0639. The quantitative estimate of drug-likeness (QED) is 0.560. The van der Waals surface area contributed by atoms with E-state index in [0.29, 0.717) is 0 Å². The Kier molecular flexibility index (Phi) is 6.29. The Labute approximate surface area is 93.7 Å². The zero-order valence-electron chi connectivity index (χ0n) is 9.13. The van der Waals surface area contributed by atoms with Crippen molar-refractivity contribution in [1.29, 1.82) is 0 Å². The standard InChI is InChI=1S/C9H17O6P/c1-7(9(12)13)4-6-16(14,15)5-2-3-8(10)11/h7H,2-6H2,1H3,(H,10,11)(H,12,13)(H,14,15)/t7-/m0/s1. The zero-order valence-corrected chi connectivity index (χ0v) is 10.0. The van der Waals surface area contributed by atoms with E-state index >= 15 is 0 Å². The van der Waals surface area contributed by atoms with E-state index in [1.807, 2.05) is 0 Å². The first-order valence-corrected chi connectivity index (χ1v) is 7.03. The first kappa shape index (κ1) is 15.1. The summed E-state index contributed by atoms with van der Waals surface area (Å²) in [5.41, 5.74) is 0. The van der Waals surface area contributed by atoms with Gasteiger partial charge in [-0.05, 0) is 12.8 Å².